The Labute approximate surface area is 236 Å². The minimum atomic E-state index is 0.665. The fraction of sp³-hybridized carbons (Fsp3) is 0.114. The number of aromatic nitrogens is 1. The van der Waals surface area contributed by atoms with Crippen molar-refractivity contribution in [1.82, 2.24) is 4.57 Å². The standard InChI is InChI=1S/C35H28BrNO2/c36-29-16-20-35-33(23-29)32-22-28(15-19-34(32)37(35)30-7-2-1-3-8-30)27-13-9-25(10-14-27)6-4-5-21-39-31-17-11-26(24-38)12-18-31/h1-3,7-20,22-24H,4-6,21H2. The van der Waals surface area contributed by atoms with E-state index < -0.39 is 0 Å². The predicted molar refractivity (Wildman–Crippen MR) is 164 cm³/mol. The van der Waals surface area contributed by atoms with E-state index in [9.17, 15) is 4.79 Å². The van der Waals surface area contributed by atoms with Gasteiger partial charge in [-0.1, -0.05) is 64.5 Å². The van der Waals surface area contributed by atoms with Crippen molar-refractivity contribution >= 4 is 44.0 Å². The number of unbranched alkanes of at least 4 members (excludes halogenated alkanes) is 1. The lowest BCUT2D eigenvalue weighted by atomic mass is 10.00. The summed E-state index contributed by atoms with van der Waals surface area (Å²) in [5, 5.41) is 2.49. The largest absolute Gasteiger partial charge is 0.494 e. The SMILES string of the molecule is O=Cc1ccc(OCCCCc2ccc(-c3ccc4c(c3)c3cc(Br)ccc3n4-c3ccccc3)cc2)cc1. The number of benzene rings is 5. The third-order valence-electron chi connectivity index (χ3n) is 7.17. The van der Waals surface area contributed by atoms with E-state index in [4.69, 9.17) is 4.74 Å². The van der Waals surface area contributed by atoms with Crippen LogP contribution in [-0.2, 0) is 6.42 Å². The number of ether oxygens (including phenoxy) is 1. The Bertz CT molecular complexity index is 1740. The van der Waals surface area contributed by atoms with E-state index in [-0.39, 0.29) is 0 Å². The zero-order valence-electron chi connectivity index (χ0n) is 21.5. The van der Waals surface area contributed by atoms with E-state index in [0.717, 1.165) is 41.5 Å². The average Bonchev–Trinajstić information content (AvgIpc) is 3.31. The van der Waals surface area contributed by atoms with Crippen molar-refractivity contribution in [2.75, 3.05) is 6.61 Å². The van der Waals surface area contributed by atoms with Crippen molar-refractivity contribution in [3.63, 3.8) is 0 Å². The fourth-order valence-electron chi connectivity index (χ4n) is 5.16. The maximum Gasteiger partial charge on any atom is 0.150 e. The molecule has 6 aromatic rings. The van der Waals surface area contributed by atoms with Gasteiger partial charge in [-0.15, -0.1) is 0 Å². The van der Waals surface area contributed by atoms with E-state index >= 15 is 0 Å². The Hall–Kier alpha value is -4.15. The minimum Gasteiger partial charge on any atom is -0.494 e. The highest BCUT2D eigenvalue weighted by atomic mass is 79.9. The molecule has 0 fully saturated rings. The molecule has 6 rings (SSSR count). The summed E-state index contributed by atoms with van der Waals surface area (Å²) in [6.07, 6.45) is 3.91. The molecule has 0 amide bonds. The third-order valence-corrected chi connectivity index (χ3v) is 7.67. The van der Waals surface area contributed by atoms with Gasteiger partial charge in [0.2, 0.25) is 0 Å². The Morgan fingerprint density at radius 1 is 0.692 bits per heavy atom. The average molecular weight is 575 g/mol. The Kier molecular flexibility index (Phi) is 7.29. The van der Waals surface area contributed by atoms with E-state index in [1.54, 1.807) is 12.1 Å². The summed E-state index contributed by atoms with van der Waals surface area (Å²) in [4.78, 5) is 10.8. The highest BCUT2D eigenvalue weighted by Gasteiger charge is 2.13. The zero-order valence-corrected chi connectivity index (χ0v) is 23.1. The predicted octanol–water partition coefficient (Wildman–Crippen LogP) is 9.43. The molecule has 39 heavy (non-hydrogen) atoms. The van der Waals surface area contributed by atoms with Crippen LogP contribution in [0.4, 0.5) is 0 Å². The first kappa shape index (κ1) is 25.1. The van der Waals surface area contributed by atoms with E-state index in [1.165, 1.54) is 38.5 Å². The van der Waals surface area contributed by atoms with Gasteiger partial charge in [0.05, 0.1) is 17.6 Å². The van der Waals surface area contributed by atoms with Gasteiger partial charge in [-0.2, -0.15) is 0 Å². The lowest BCUT2D eigenvalue weighted by Gasteiger charge is -2.09. The summed E-state index contributed by atoms with van der Waals surface area (Å²) < 4.78 is 9.23. The Balaban J connectivity index is 1.17. The van der Waals surface area contributed by atoms with Crippen molar-refractivity contribution < 1.29 is 9.53 Å². The van der Waals surface area contributed by atoms with Gasteiger partial charge in [0, 0.05) is 26.5 Å². The summed E-state index contributed by atoms with van der Waals surface area (Å²) in [6.45, 7) is 0.672. The summed E-state index contributed by atoms with van der Waals surface area (Å²) in [7, 11) is 0. The number of rotatable bonds is 9. The number of halogens is 1. The van der Waals surface area contributed by atoms with Crippen LogP contribution in [0, 0.1) is 0 Å². The van der Waals surface area contributed by atoms with Crippen LogP contribution in [0.2, 0.25) is 0 Å². The first-order chi connectivity index (χ1) is 19.2. The van der Waals surface area contributed by atoms with Gasteiger partial charge in [0.1, 0.15) is 12.0 Å². The van der Waals surface area contributed by atoms with Crippen molar-refractivity contribution in [1.29, 1.82) is 0 Å². The number of hydrogen-bond acceptors (Lipinski definition) is 2. The molecular weight excluding hydrogens is 546 g/mol. The monoisotopic (exact) mass is 573 g/mol. The second-order valence-corrected chi connectivity index (χ2v) is 10.7. The molecule has 0 spiro atoms. The molecule has 192 valence electrons. The van der Waals surface area contributed by atoms with Crippen LogP contribution in [0.15, 0.2) is 120 Å². The Morgan fingerprint density at radius 3 is 2.13 bits per heavy atom. The number of para-hydroxylation sites is 1. The summed E-state index contributed by atoms with van der Waals surface area (Å²) in [5.74, 6) is 0.807. The zero-order chi connectivity index (χ0) is 26.6. The van der Waals surface area contributed by atoms with Gasteiger partial charge in [-0.05, 0) is 103 Å². The van der Waals surface area contributed by atoms with Gasteiger partial charge in [-0.25, -0.2) is 0 Å². The second-order valence-electron chi connectivity index (χ2n) is 9.75. The molecule has 0 saturated heterocycles. The third kappa shape index (κ3) is 5.39. The maximum atomic E-state index is 10.8. The number of nitrogens with zero attached hydrogens (tertiary/aromatic N) is 1. The molecule has 0 aliphatic rings. The fourth-order valence-corrected chi connectivity index (χ4v) is 5.52. The van der Waals surface area contributed by atoms with E-state index in [1.807, 2.05) is 12.1 Å². The molecule has 0 saturated carbocycles. The van der Waals surface area contributed by atoms with Crippen LogP contribution >= 0.6 is 15.9 Å². The van der Waals surface area contributed by atoms with Gasteiger partial charge >= 0.3 is 0 Å². The quantitative estimate of drug-likeness (QED) is 0.127. The molecule has 4 heteroatoms. The van der Waals surface area contributed by atoms with Crippen LogP contribution in [-0.4, -0.2) is 17.5 Å². The minimum absolute atomic E-state index is 0.665. The van der Waals surface area contributed by atoms with Gasteiger partial charge in [0.15, 0.2) is 0 Å². The summed E-state index contributed by atoms with van der Waals surface area (Å²) >= 11 is 3.67. The second kappa shape index (κ2) is 11.3. The van der Waals surface area contributed by atoms with Crippen LogP contribution in [0.3, 0.4) is 0 Å². The number of hydrogen-bond donors (Lipinski definition) is 0. The van der Waals surface area contributed by atoms with Crippen molar-refractivity contribution in [3.05, 3.63) is 131 Å². The van der Waals surface area contributed by atoms with Crippen molar-refractivity contribution in [2.24, 2.45) is 0 Å². The molecule has 5 aromatic carbocycles. The smallest absolute Gasteiger partial charge is 0.150 e. The summed E-state index contributed by atoms with van der Waals surface area (Å²) in [6, 6.07) is 40.0. The van der Waals surface area contributed by atoms with E-state index in [2.05, 4.69) is 111 Å². The molecule has 3 nitrogen and oxygen atoms in total. The molecule has 0 radical (unpaired) electrons. The van der Waals surface area contributed by atoms with Crippen LogP contribution in [0.25, 0.3) is 38.6 Å². The molecule has 0 N–H and O–H groups in total. The molecule has 0 atom stereocenters. The maximum absolute atomic E-state index is 10.8. The first-order valence-electron chi connectivity index (χ1n) is 13.3. The van der Waals surface area contributed by atoms with Gasteiger partial charge in [0.25, 0.3) is 0 Å². The lowest BCUT2D eigenvalue weighted by molar-refractivity contribution is 0.112. The molecule has 0 aliphatic carbocycles. The molecule has 0 bridgehead atoms. The summed E-state index contributed by atoms with van der Waals surface area (Å²) in [5.41, 5.74) is 8.01. The first-order valence-corrected chi connectivity index (χ1v) is 14.1. The van der Waals surface area contributed by atoms with Crippen LogP contribution in [0.1, 0.15) is 28.8 Å². The highest BCUT2D eigenvalue weighted by molar-refractivity contribution is 9.10. The Morgan fingerprint density at radius 2 is 1.38 bits per heavy atom. The van der Waals surface area contributed by atoms with Crippen LogP contribution < -0.4 is 4.74 Å². The molecule has 1 aromatic heterocycles. The number of carbonyl (C=O) groups excluding carboxylic acids is 1. The van der Waals surface area contributed by atoms with Crippen molar-refractivity contribution in [2.45, 2.75) is 19.3 Å². The van der Waals surface area contributed by atoms with Crippen molar-refractivity contribution in [3.8, 4) is 22.6 Å². The highest BCUT2D eigenvalue weighted by Crippen LogP contribution is 2.36. The number of carbonyl (C=O) groups is 1. The molecule has 1 heterocycles. The van der Waals surface area contributed by atoms with E-state index in [0.29, 0.717) is 12.2 Å². The molecule has 0 aliphatic heterocycles. The number of aryl methyl sites for hydroxylation is 1. The number of aldehydes is 1. The molecular formula is C35H28BrNO2. The molecule has 0 unspecified atom stereocenters. The topological polar surface area (TPSA) is 31.2 Å². The van der Waals surface area contributed by atoms with Crippen LogP contribution in [0.5, 0.6) is 5.75 Å². The lowest BCUT2D eigenvalue weighted by Crippen LogP contribution is -1.98. The van der Waals surface area contributed by atoms with Gasteiger partial charge in [-0.3, -0.25) is 4.79 Å². The van der Waals surface area contributed by atoms with Gasteiger partial charge < -0.3 is 9.30 Å². The normalized spacial score (nSPS) is 11.2. The number of fused-ring (bicyclic) bond motifs is 3.